The third-order valence-corrected chi connectivity index (χ3v) is 7.60. The number of aliphatic hydroxyl groups excluding tert-OH is 1. The molecule has 6 heteroatoms. The molecule has 1 N–H and O–H groups in total. The summed E-state index contributed by atoms with van der Waals surface area (Å²) in [6, 6.07) is 0. The van der Waals surface area contributed by atoms with Crippen molar-refractivity contribution in [2.75, 3.05) is 13.2 Å². The van der Waals surface area contributed by atoms with Gasteiger partial charge in [0.1, 0.15) is 19.3 Å². The lowest BCUT2D eigenvalue weighted by molar-refractivity contribution is -0.152. The van der Waals surface area contributed by atoms with Gasteiger partial charge in [-0.15, -0.1) is 0 Å². The van der Waals surface area contributed by atoms with Gasteiger partial charge in [-0.1, -0.05) is 116 Å². The summed E-state index contributed by atoms with van der Waals surface area (Å²) in [6.45, 7) is 6.52. The van der Waals surface area contributed by atoms with Gasteiger partial charge in [0.05, 0.1) is 12.2 Å². The van der Waals surface area contributed by atoms with Crippen LogP contribution < -0.4 is 0 Å². The first kappa shape index (κ1) is 36.6. The summed E-state index contributed by atoms with van der Waals surface area (Å²) in [5, 5.41) is 9.95. The smallest absolute Gasteiger partial charge is 0.305 e. The topological polar surface area (TPSA) is 85.4 Å². The van der Waals surface area contributed by atoms with Crippen LogP contribution in [0, 0.1) is 5.92 Å². The Balaban J connectivity index is 1.85. The second kappa shape index (κ2) is 25.3. The Bertz CT molecular complexity index is 646. The maximum atomic E-state index is 11.9. The highest BCUT2D eigenvalue weighted by Crippen LogP contribution is 2.30. The van der Waals surface area contributed by atoms with Crippen molar-refractivity contribution in [1.82, 2.24) is 0 Å². The van der Waals surface area contributed by atoms with E-state index in [2.05, 4.69) is 32.9 Å². The van der Waals surface area contributed by atoms with Gasteiger partial charge in [0.25, 0.3) is 0 Å². The Morgan fingerprint density at radius 2 is 1.27 bits per heavy atom. The molecule has 1 aliphatic heterocycles. The highest BCUT2D eigenvalue weighted by molar-refractivity contribution is 5.69. The van der Waals surface area contributed by atoms with Gasteiger partial charge < -0.3 is 19.3 Å². The van der Waals surface area contributed by atoms with Crippen LogP contribution in [0.1, 0.15) is 156 Å². The minimum atomic E-state index is -0.969. The van der Waals surface area contributed by atoms with Gasteiger partial charge in [-0.25, -0.2) is 0 Å². The second-order valence-corrected chi connectivity index (χ2v) is 12.1. The number of epoxide rings is 1. The maximum Gasteiger partial charge on any atom is 0.305 e. The third-order valence-electron chi connectivity index (χ3n) is 7.60. The van der Waals surface area contributed by atoms with Gasteiger partial charge >= 0.3 is 11.9 Å². The molecule has 3 atom stereocenters. The summed E-state index contributed by atoms with van der Waals surface area (Å²) in [7, 11) is 0. The molecule has 0 aromatic rings. The number of unbranched alkanes of at least 4 members (excludes halogenated alkanes) is 13. The minimum absolute atomic E-state index is 0.122. The summed E-state index contributed by atoms with van der Waals surface area (Å²) >= 11 is 0. The lowest BCUT2D eigenvalue weighted by Crippen LogP contribution is -2.25. The van der Waals surface area contributed by atoms with Crippen molar-refractivity contribution in [3.63, 3.8) is 0 Å². The zero-order chi connectivity index (χ0) is 29.3. The van der Waals surface area contributed by atoms with E-state index < -0.39 is 6.10 Å². The maximum absolute atomic E-state index is 11.9. The standard InChI is InChI=1S/C34H62O6/c1-4-5-6-7-13-18-23-31-32(40-31)24-19-14-11-16-21-26-34(37)39-28-30(35)27-38-33(36)25-20-15-10-8-9-12-17-22-29(2)3/h13,18,29-32,35H,4-12,14-17,19-28H2,1-3H3/b18-13-/t30-,31?,32?/m0/s1. The number of ether oxygens (including phenoxy) is 3. The number of hydrogen-bond donors (Lipinski definition) is 1. The monoisotopic (exact) mass is 566 g/mol. The van der Waals surface area contributed by atoms with Crippen LogP contribution in [0.15, 0.2) is 12.2 Å². The zero-order valence-electron chi connectivity index (χ0n) is 26.2. The van der Waals surface area contributed by atoms with Crippen LogP contribution in [0.2, 0.25) is 0 Å². The largest absolute Gasteiger partial charge is 0.463 e. The van der Waals surface area contributed by atoms with Crippen LogP contribution in [-0.4, -0.2) is 48.6 Å². The number of esters is 2. The van der Waals surface area contributed by atoms with Crippen molar-refractivity contribution in [2.24, 2.45) is 5.92 Å². The average molecular weight is 567 g/mol. The number of allylic oxidation sites excluding steroid dienone is 1. The van der Waals surface area contributed by atoms with Crippen LogP contribution in [0.4, 0.5) is 0 Å². The van der Waals surface area contributed by atoms with E-state index in [0.717, 1.165) is 63.7 Å². The van der Waals surface area contributed by atoms with Crippen molar-refractivity contribution in [2.45, 2.75) is 174 Å². The van der Waals surface area contributed by atoms with Crippen LogP contribution in [0.5, 0.6) is 0 Å². The number of hydrogen-bond acceptors (Lipinski definition) is 6. The summed E-state index contributed by atoms with van der Waals surface area (Å²) in [5.41, 5.74) is 0. The van der Waals surface area contributed by atoms with E-state index in [4.69, 9.17) is 14.2 Å². The van der Waals surface area contributed by atoms with Crippen LogP contribution in [0.3, 0.4) is 0 Å². The first-order valence-electron chi connectivity index (χ1n) is 16.7. The average Bonchev–Trinajstić information content (AvgIpc) is 3.68. The van der Waals surface area contributed by atoms with Crippen LogP contribution in [0.25, 0.3) is 0 Å². The fourth-order valence-corrected chi connectivity index (χ4v) is 4.92. The second-order valence-electron chi connectivity index (χ2n) is 12.1. The Labute approximate surface area is 246 Å². The van der Waals surface area contributed by atoms with E-state index in [0.29, 0.717) is 25.0 Å². The number of carbonyl (C=O) groups is 2. The molecule has 40 heavy (non-hydrogen) atoms. The van der Waals surface area contributed by atoms with Crippen molar-refractivity contribution in [3.05, 3.63) is 12.2 Å². The van der Waals surface area contributed by atoms with E-state index in [1.807, 2.05) is 0 Å². The summed E-state index contributed by atoms with van der Waals surface area (Å²) in [5.74, 6) is 0.202. The quantitative estimate of drug-likeness (QED) is 0.0441. The molecule has 0 aliphatic carbocycles. The van der Waals surface area contributed by atoms with E-state index in [1.165, 1.54) is 64.2 Å². The lowest BCUT2D eigenvalue weighted by Gasteiger charge is -2.12. The molecule has 0 aromatic heterocycles. The van der Waals surface area contributed by atoms with E-state index in [9.17, 15) is 14.7 Å². The van der Waals surface area contributed by atoms with Crippen molar-refractivity contribution in [3.8, 4) is 0 Å². The molecule has 0 radical (unpaired) electrons. The molecule has 0 amide bonds. The molecule has 1 aliphatic rings. The van der Waals surface area contributed by atoms with Gasteiger partial charge in [0, 0.05) is 12.8 Å². The molecule has 0 spiro atoms. The Morgan fingerprint density at radius 3 is 1.85 bits per heavy atom. The van der Waals surface area contributed by atoms with E-state index in [-0.39, 0.29) is 25.2 Å². The first-order valence-corrected chi connectivity index (χ1v) is 16.7. The molecule has 1 rings (SSSR count). The molecule has 0 bridgehead atoms. The molecule has 2 unspecified atom stereocenters. The zero-order valence-corrected chi connectivity index (χ0v) is 26.2. The Kier molecular flexibility index (Phi) is 23.2. The van der Waals surface area contributed by atoms with Gasteiger partial charge in [-0.3, -0.25) is 9.59 Å². The lowest BCUT2D eigenvalue weighted by atomic mass is 10.0. The molecule has 1 saturated heterocycles. The molecule has 0 aromatic carbocycles. The van der Waals surface area contributed by atoms with Gasteiger partial charge in [-0.05, 0) is 44.4 Å². The van der Waals surface area contributed by atoms with E-state index >= 15 is 0 Å². The normalized spacial score (nSPS) is 17.4. The molecular formula is C34H62O6. The number of rotatable bonds is 28. The SMILES string of the molecule is CCCCC/C=C\CC1OC1CCCCCCCC(=O)OC[C@@H](O)COC(=O)CCCCCCCCCC(C)C. The number of aliphatic hydroxyl groups is 1. The predicted octanol–water partition coefficient (Wildman–Crippen LogP) is 8.63. The summed E-state index contributed by atoms with van der Waals surface area (Å²) < 4.78 is 16.0. The molecule has 1 heterocycles. The Hall–Kier alpha value is -1.40. The number of carbonyl (C=O) groups excluding carboxylic acids is 2. The molecule has 234 valence electrons. The van der Waals surface area contributed by atoms with Crippen LogP contribution in [-0.2, 0) is 23.8 Å². The highest BCUT2D eigenvalue weighted by atomic mass is 16.6. The summed E-state index contributed by atoms with van der Waals surface area (Å²) in [4.78, 5) is 23.8. The molecule has 6 nitrogen and oxygen atoms in total. The van der Waals surface area contributed by atoms with Crippen molar-refractivity contribution in [1.29, 1.82) is 0 Å². The Morgan fingerprint density at radius 1 is 0.725 bits per heavy atom. The minimum Gasteiger partial charge on any atom is -0.463 e. The highest BCUT2D eigenvalue weighted by Gasteiger charge is 2.36. The third kappa shape index (κ3) is 23.3. The van der Waals surface area contributed by atoms with Crippen molar-refractivity contribution < 1.29 is 28.9 Å². The van der Waals surface area contributed by atoms with Gasteiger partial charge in [0.15, 0.2) is 0 Å². The molecular weight excluding hydrogens is 504 g/mol. The first-order chi connectivity index (χ1) is 19.4. The molecule has 0 saturated carbocycles. The molecule has 1 fully saturated rings. The summed E-state index contributed by atoms with van der Waals surface area (Å²) in [6.07, 6.45) is 27.2. The van der Waals surface area contributed by atoms with Gasteiger partial charge in [-0.2, -0.15) is 0 Å². The van der Waals surface area contributed by atoms with Gasteiger partial charge in [0.2, 0.25) is 0 Å². The van der Waals surface area contributed by atoms with Crippen molar-refractivity contribution >= 4 is 11.9 Å². The fraction of sp³-hybridized carbons (Fsp3) is 0.882. The van der Waals surface area contributed by atoms with E-state index in [1.54, 1.807) is 0 Å². The fourth-order valence-electron chi connectivity index (χ4n) is 4.92. The predicted molar refractivity (Wildman–Crippen MR) is 163 cm³/mol. The van der Waals surface area contributed by atoms with Crippen LogP contribution >= 0.6 is 0 Å².